The largest absolute Gasteiger partial charge is 0.309 e. The summed E-state index contributed by atoms with van der Waals surface area (Å²) in [5.74, 6) is 3.63. The summed E-state index contributed by atoms with van der Waals surface area (Å²) in [6.45, 7) is 0. The fourth-order valence-electron chi connectivity index (χ4n) is 14.6. The first-order valence-corrected chi connectivity index (χ1v) is 31.7. The predicted octanol–water partition coefficient (Wildman–Crippen LogP) is 19.4. The topological polar surface area (TPSA) is 113 Å². The monoisotopic (exact) mass is 1200 g/mol. The zero-order valence-corrected chi connectivity index (χ0v) is 50.5. The molecular formula is C84H52N10. The lowest BCUT2D eigenvalue weighted by Gasteiger charge is -2.42. The molecule has 0 spiro atoms. The predicted molar refractivity (Wildman–Crippen MR) is 376 cm³/mol. The van der Waals surface area contributed by atoms with Crippen molar-refractivity contribution in [3.05, 3.63) is 337 Å². The van der Waals surface area contributed by atoms with Gasteiger partial charge in [-0.2, -0.15) is 0 Å². The second-order valence-corrected chi connectivity index (χ2v) is 24.3. The van der Waals surface area contributed by atoms with Crippen LogP contribution in [0.3, 0.4) is 0 Å². The van der Waals surface area contributed by atoms with Gasteiger partial charge in [0.1, 0.15) is 0 Å². The van der Waals surface area contributed by atoms with E-state index in [0.29, 0.717) is 34.9 Å². The molecule has 2 bridgehead atoms. The molecule has 3 aliphatic rings. The molecule has 0 radical (unpaired) electrons. The fraction of sp³-hybridized carbons (Fsp3) is 0.0238. The van der Waals surface area contributed by atoms with Crippen molar-refractivity contribution in [1.29, 1.82) is 0 Å². The van der Waals surface area contributed by atoms with E-state index in [1.807, 2.05) is 61.2 Å². The van der Waals surface area contributed by atoms with Crippen LogP contribution in [0.15, 0.2) is 304 Å². The highest BCUT2D eigenvalue weighted by Gasteiger charge is 2.42. The molecule has 0 saturated carbocycles. The van der Waals surface area contributed by atoms with Gasteiger partial charge in [-0.05, 0) is 128 Å². The first-order valence-electron chi connectivity index (χ1n) is 31.7. The molecule has 11 aromatic carbocycles. The van der Waals surface area contributed by atoms with Crippen LogP contribution in [0.2, 0.25) is 0 Å². The third-order valence-electron chi connectivity index (χ3n) is 19.0. The zero-order chi connectivity index (χ0) is 61.8. The highest BCUT2D eigenvalue weighted by molar-refractivity contribution is 6.11. The molecule has 20 rings (SSSR count). The van der Waals surface area contributed by atoms with Crippen LogP contribution in [-0.4, -0.2) is 49.0 Å². The Kier molecular flexibility index (Phi) is 12.2. The van der Waals surface area contributed by atoms with Gasteiger partial charge >= 0.3 is 0 Å². The Morgan fingerprint density at radius 1 is 0.213 bits per heavy atom. The van der Waals surface area contributed by atoms with Gasteiger partial charge in [0.25, 0.3) is 0 Å². The lowest BCUT2D eigenvalue weighted by molar-refractivity contribution is 0.754. The smallest absolute Gasteiger partial charge is 0.164 e. The third-order valence-corrected chi connectivity index (χ3v) is 19.0. The molecule has 0 amide bonds. The molecule has 94 heavy (non-hydrogen) atoms. The summed E-state index contributed by atoms with van der Waals surface area (Å²) < 4.78 is 4.62. The summed E-state index contributed by atoms with van der Waals surface area (Å²) >= 11 is 0. The Bertz CT molecular complexity index is 5490. The standard InChI is InChI=1S/C84H52N10/c1-5-15-53(16-6-1)79-87-81(55-29-25-51(26-30-55)57-35-39-73-67(45-57)71-49-85-43-41-75(71)93(73)61-19-9-3-10-20-61)91-83(89-79)59-33-37-65-69(47-59)77-63-23-13-14-24-64(63)78(65)70-48-60(34-38-66(70)77)84-90-80(54-17-7-2-8-18-54)88-82(92-84)56-31-27-52(28-32-56)58-36-40-74-68(46-58)72-50-86-44-42-76(72)94(74)62-21-11-4-12-22-62/h1-50,77-78H. The Balaban J connectivity index is 0.664. The summed E-state index contributed by atoms with van der Waals surface area (Å²) in [4.78, 5) is 40.5. The van der Waals surface area contributed by atoms with E-state index in [4.69, 9.17) is 29.9 Å². The van der Waals surface area contributed by atoms with Crippen molar-refractivity contribution in [3.63, 3.8) is 0 Å². The maximum absolute atomic E-state index is 5.30. The van der Waals surface area contributed by atoms with Crippen molar-refractivity contribution in [2.24, 2.45) is 0 Å². The van der Waals surface area contributed by atoms with E-state index < -0.39 is 0 Å². The molecule has 0 fully saturated rings. The van der Waals surface area contributed by atoms with Gasteiger partial charge in [0, 0.05) is 103 Å². The van der Waals surface area contributed by atoms with Gasteiger partial charge in [0.2, 0.25) is 0 Å². The lowest BCUT2D eigenvalue weighted by Crippen LogP contribution is -2.27. The lowest BCUT2D eigenvalue weighted by atomic mass is 9.61. The number of pyridine rings is 2. The fourth-order valence-corrected chi connectivity index (χ4v) is 14.6. The molecule has 10 nitrogen and oxygen atoms in total. The van der Waals surface area contributed by atoms with Crippen LogP contribution in [0.5, 0.6) is 0 Å². The molecule has 6 aromatic heterocycles. The average Bonchev–Trinajstić information content (AvgIpc) is 0.915. The summed E-state index contributed by atoms with van der Waals surface area (Å²) in [6.07, 6.45) is 7.67. The molecule has 3 aliphatic carbocycles. The molecule has 6 heterocycles. The van der Waals surface area contributed by atoms with Gasteiger partial charge in [0.05, 0.1) is 22.1 Å². The molecule has 2 atom stereocenters. The van der Waals surface area contributed by atoms with Crippen LogP contribution in [0.1, 0.15) is 45.2 Å². The van der Waals surface area contributed by atoms with E-state index in [1.165, 1.54) is 33.4 Å². The summed E-state index contributed by atoms with van der Waals surface area (Å²) in [5, 5.41) is 4.52. The molecule has 2 unspecified atom stereocenters. The van der Waals surface area contributed by atoms with Crippen molar-refractivity contribution in [1.82, 2.24) is 49.0 Å². The number of benzene rings is 11. The summed E-state index contributed by atoms with van der Waals surface area (Å²) in [5.41, 5.74) is 24.3. The minimum absolute atomic E-state index is 0.0276. The normalized spacial score (nSPS) is 13.7. The average molecular weight is 1200 g/mol. The Labute approximate surface area is 540 Å². The maximum Gasteiger partial charge on any atom is 0.164 e. The molecule has 0 N–H and O–H groups in total. The van der Waals surface area contributed by atoms with Gasteiger partial charge < -0.3 is 9.13 Å². The molecule has 0 saturated heterocycles. The van der Waals surface area contributed by atoms with Crippen molar-refractivity contribution in [2.75, 3.05) is 0 Å². The minimum Gasteiger partial charge on any atom is -0.309 e. The Hall–Kier alpha value is -12.7. The molecule has 438 valence electrons. The highest BCUT2D eigenvalue weighted by Crippen LogP contribution is 2.57. The van der Waals surface area contributed by atoms with Gasteiger partial charge in [-0.1, -0.05) is 206 Å². The SMILES string of the molecule is c1ccc(-c2nc(-c3ccc(-c4ccc5c(c4)c4cnccc4n5-c4ccccc4)cc3)nc(-c3ccc4c(c3)C3c5ccccc5C4c4cc(-c5nc(-c6ccccc6)nc(-c6ccc(-c7ccc8c(c7)c7cnccc7n8-c7ccccc7)cc6)n5)ccc43)n2)cc1. The molecule has 10 heteroatoms. The van der Waals surface area contributed by atoms with Crippen molar-refractivity contribution < 1.29 is 0 Å². The van der Waals surface area contributed by atoms with E-state index in [1.54, 1.807) is 0 Å². The zero-order valence-electron chi connectivity index (χ0n) is 50.5. The van der Waals surface area contributed by atoms with Crippen LogP contribution in [-0.2, 0) is 0 Å². The quantitative estimate of drug-likeness (QED) is 0.133. The number of para-hydroxylation sites is 2. The first-order chi connectivity index (χ1) is 46.6. The summed E-state index contributed by atoms with van der Waals surface area (Å²) in [6, 6.07) is 98.8. The van der Waals surface area contributed by atoms with Crippen molar-refractivity contribution >= 4 is 43.6 Å². The van der Waals surface area contributed by atoms with E-state index in [9.17, 15) is 0 Å². The number of nitrogens with zero attached hydrogens (tertiary/aromatic N) is 10. The Morgan fingerprint density at radius 3 is 0.904 bits per heavy atom. The Morgan fingerprint density at radius 2 is 0.511 bits per heavy atom. The first kappa shape index (κ1) is 53.2. The van der Waals surface area contributed by atoms with Gasteiger partial charge in [0.15, 0.2) is 34.9 Å². The van der Waals surface area contributed by atoms with Crippen LogP contribution in [0.25, 0.3) is 146 Å². The van der Waals surface area contributed by atoms with E-state index >= 15 is 0 Å². The van der Waals surface area contributed by atoms with Gasteiger partial charge in [-0.3, -0.25) is 9.97 Å². The van der Waals surface area contributed by atoms with Crippen molar-refractivity contribution in [3.8, 4) is 102 Å². The number of aromatic nitrogens is 10. The van der Waals surface area contributed by atoms with Gasteiger partial charge in [-0.15, -0.1) is 0 Å². The third kappa shape index (κ3) is 8.72. The van der Waals surface area contributed by atoms with E-state index in [2.05, 4.69) is 262 Å². The van der Waals surface area contributed by atoms with Crippen LogP contribution in [0, 0.1) is 0 Å². The number of hydrogen-bond donors (Lipinski definition) is 0. The number of rotatable bonds is 10. The molecule has 0 aliphatic heterocycles. The second kappa shape index (κ2) is 21.5. The summed E-state index contributed by atoms with van der Waals surface area (Å²) in [7, 11) is 0. The van der Waals surface area contributed by atoms with Gasteiger partial charge in [-0.25, -0.2) is 29.9 Å². The van der Waals surface area contributed by atoms with E-state index in [-0.39, 0.29) is 11.8 Å². The van der Waals surface area contributed by atoms with Crippen LogP contribution in [0.4, 0.5) is 0 Å². The molecule has 17 aromatic rings. The number of hydrogen-bond acceptors (Lipinski definition) is 8. The number of fused-ring (bicyclic) bond motifs is 6. The van der Waals surface area contributed by atoms with Crippen LogP contribution < -0.4 is 0 Å². The molecular weight excluding hydrogens is 1150 g/mol. The second-order valence-electron chi connectivity index (χ2n) is 24.3. The minimum atomic E-state index is -0.0276. The van der Waals surface area contributed by atoms with Crippen LogP contribution >= 0.6 is 0 Å². The van der Waals surface area contributed by atoms with Crippen molar-refractivity contribution in [2.45, 2.75) is 11.8 Å². The van der Waals surface area contributed by atoms with E-state index in [0.717, 1.165) is 111 Å². The maximum atomic E-state index is 5.30. The highest BCUT2D eigenvalue weighted by atomic mass is 15.0.